The zero-order valence-electron chi connectivity index (χ0n) is 21.4. The molecule has 2 aromatic heterocycles. The smallest absolute Gasteiger partial charge is 0.237 e. The molecule has 2 heterocycles. The zero-order chi connectivity index (χ0) is 23.4. The van der Waals surface area contributed by atoms with Gasteiger partial charge in [-0.3, -0.25) is 0 Å². The lowest BCUT2D eigenvalue weighted by atomic mass is 9.86. The molecular formula is C30H39N2+. The molecule has 0 N–H and O–H groups in total. The van der Waals surface area contributed by atoms with Crippen LogP contribution in [0.15, 0.2) is 48.7 Å². The second-order valence-corrected chi connectivity index (χ2v) is 11.2. The van der Waals surface area contributed by atoms with E-state index in [1.165, 1.54) is 49.9 Å². The second kappa shape index (κ2) is 8.06. The maximum absolute atomic E-state index is 2.50. The van der Waals surface area contributed by atoms with Crippen LogP contribution < -0.4 is 4.57 Å². The van der Waals surface area contributed by atoms with Gasteiger partial charge < -0.3 is 0 Å². The molecule has 4 aromatic rings. The minimum Gasteiger partial charge on any atom is -0.237 e. The van der Waals surface area contributed by atoms with Gasteiger partial charge in [0.1, 0.15) is 11.0 Å². The summed E-state index contributed by atoms with van der Waals surface area (Å²) in [4.78, 5) is 0. The average molecular weight is 428 g/mol. The van der Waals surface area contributed by atoms with Crippen molar-refractivity contribution in [3.63, 3.8) is 0 Å². The fraction of sp³-hybridized carbons (Fsp3) is 0.433. The van der Waals surface area contributed by atoms with Crippen LogP contribution in [0.4, 0.5) is 0 Å². The summed E-state index contributed by atoms with van der Waals surface area (Å²) in [7, 11) is 2.16. The van der Waals surface area contributed by atoms with E-state index in [9.17, 15) is 0 Å². The van der Waals surface area contributed by atoms with Crippen LogP contribution in [0.3, 0.4) is 0 Å². The Morgan fingerprint density at radius 1 is 0.938 bits per heavy atom. The molecular weight excluding hydrogens is 388 g/mol. The van der Waals surface area contributed by atoms with Gasteiger partial charge in [0, 0.05) is 22.4 Å². The first-order valence-corrected chi connectivity index (χ1v) is 12.1. The van der Waals surface area contributed by atoms with Gasteiger partial charge in [-0.25, -0.2) is 4.57 Å². The third kappa shape index (κ3) is 3.74. The molecule has 0 amide bonds. The average Bonchev–Trinajstić information content (AvgIpc) is 3.01. The quantitative estimate of drug-likeness (QED) is 0.298. The number of nitrogens with zero attached hydrogens (tertiary/aromatic N) is 2. The molecule has 0 aliphatic carbocycles. The van der Waals surface area contributed by atoms with Crippen molar-refractivity contribution in [1.29, 1.82) is 0 Å². The zero-order valence-corrected chi connectivity index (χ0v) is 21.4. The fourth-order valence-electron chi connectivity index (χ4n) is 5.30. The molecule has 4 rings (SSSR count). The van der Waals surface area contributed by atoms with Crippen molar-refractivity contribution in [2.75, 3.05) is 0 Å². The van der Waals surface area contributed by atoms with Crippen LogP contribution in [-0.4, -0.2) is 4.57 Å². The summed E-state index contributed by atoms with van der Waals surface area (Å²) in [5.41, 5.74) is 8.54. The normalized spacial score (nSPS) is 12.6. The summed E-state index contributed by atoms with van der Waals surface area (Å²) in [6, 6.07) is 16.0. The van der Waals surface area contributed by atoms with E-state index < -0.39 is 0 Å². The minimum absolute atomic E-state index is 0.102. The summed E-state index contributed by atoms with van der Waals surface area (Å²) in [6.07, 6.45) is 3.33. The van der Waals surface area contributed by atoms with Crippen LogP contribution in [0, 0.1) is 12.8 Å². The van der Waals surface area contributed by atoms with Crippen molar-refractivity contribution < 1.29 is 4.57 Å². The molecule has 0 spiro atoms. The van der Waals surface area contributed by atoms with E-state index in [0.29, 0.717) is 11.8 Å². The summed E-state index contributed by atoms with van der Waals surface area (Å²) in [6.45, 7) is 18.5. The van der Waals surface area contributed by atoms with Crippen LogP contribution >= 0.6 is 0 Å². The SMILES string of the molecule is Cc1c(C(C)C)c(CC(C)C)cc2c3ccccc3n(-c3cc(C(C)(C)C)cc[n+]3C)c12. The molecule has 0 bridgehead atoms. The van der Waals surface area contributed by atoms with Gasteiger partial charge in [-0.05, 0) is 71.6 Å². The van der Waals surface area contributed by atoms with E-state index >= 15 is 0 Å². The third-order valence-electron chi connectivity index (χ3n) is 6.76. The van der Waals surface area contributed by atoms with Crippen LogP contribution in [0.5, 0.6) is 0 Å². The van der Waals surface area contributed by atoms with E-state index in [1.807, 2.05) is 0 Å². The number of para-hydroxylation sites is 1. The molecule has 0 atom stereocenters. The van der Waals surface area contributed by atoms with E-state index in [-0.39, 0.29) is 5.41 Å². The van der Waals surface area contributed by atoms with Gasteiger partial charge in [-0.2, -0.15) is 4.57 Å². The number of rotatable bonds is 4. The summed E-state index contributed by atoms with van der Waals surface area (Å²) in [5, 5.41) is 2.71. The first-order chi connectivity index (χ1) is 15.0. The van der Waals surface area contributed by atoms with Crippen molar-refractivity contribution in [2.24, 2.45) is 13.0 Å². The van der Waals surface area contributed by atoms with E-state index in [2.05, 4.69) is 120 Å². The Morgan fingerprint density at radius 3 is 2.25 bits per heavy atom. The lowest BCUT2D eigenvalue weighted by Gasteiger charge is -2.20. The molecule has 0 unspecified atom stereocenters. The first kappa shape index (κ1) is 22.6. The number of pyridine rings is 1. The van der Waals surface area contributed by atoms with Crippen molar-refractivity contribution in [3.05, 3.63) is 70.9 Å². The van der Waals surface area contributed by atoms with Gasteiger partial charge in [-0.1, -0.05) is 60.6 Å². The second-order valence-electron chi connectivity index (χ2n) is 11.2. The number of aromatic nitrogens is 2. The number of benzene rings is 2. The van der Waals surface area contributed by atoms with Gasteiger partial charge in [0.05, 0.1) is 13.2 Å². The lowest BCUT2D eigenvalue weighted by Crippen LogP contribution is -2.34. The van der Waals surface area contributed by atoms with Crippen molar-refractivity contribution in [1.82, 2.24) is 4.57 Å². The predicted octanol–water partition coefficient (Wildman–Crippen LogP) is 7.54. The first-order valence-electron chi connectivity index (χ1n) is 12.1. The van der Waals surface area contributed by atoms with Crippen LogP contribution in [0.1, 0.15) is 76.6 Å². The van der Waals surface area contributed by atoms with E-state index in [0.717, 1.165) is 6.42 Å². The minimum atomic E-state index is 0.102. The largest absolute Gasteiger partial charge is 0.286 e. The Hall–Kier alpha value is -2.61. The third-order valence-corrected chi connectivity index (χ3v) is 6.76. The molecule has 2 nitrogen and oxygen atoms in total. The molecule has 0 saturated heterocycles. The molecule has 0 fully saturated rings. The molecule has 2 aromatic carbocycles. The van der Waals surface area contributed by atoms with Crippen LogP contribution in [-0.2, 0) is 18.9 Å². The summed E-state index contributed by atoms with van der Waals surface area (Å²) in [5.74, 6) is 2.35. The Labute approximate surface area is 193 Å². The summed E-state index contributed by atoms with van der Waals surface area (Å²) < 4.78 is 4.76. The lowest BCUT2D eigenvalue weighted by molar-refractivity contribution is -0.665. The molecule has 168 valence electrons. The van der Waals surface area contributed by atoms with Crippen molar-refractivity contribution in [2.45, 2.75) is 73.1 Å². The Kier molecular flexibility index (Phi) is 5.69. The van der Waals surface area contributed by atoms with Crippen LogP contribution in [0.25, 0.3) is 27.6 Å². The number of hydrogen-bond donors (Lipinski definition) is 0. The summed E-state index contributed by atoms with van der Waals surface area (Å²) >= 11 is 0. The molecule has 0 radical (unpaired) electrons. The molecule has 0 aliphatic heterocycles. The van der Waals surface area contributed by atoms with Gasteiger partial charge in [0.2, 0.25) is 0 Å². The topological polar surface area (TPSA) is 8.81 Å². The Morgan fingerprint density at radius 2 is 1.62 bits per heavy atom. The van der Waals surface area contributed by atoms with Crippen molar-refractivity contribution >= 4 is 21.8 Å². The maximum atomic E-state index is 2.50. The highest BCUT2D eigenvalue weighted by atomic mass is 15.1. The molecule has 0 aliphatic rings. The van der Waals surface area contributed by atoms with Gasteiger partial charge in [0.15, 0.2) is 0 Å². The monoisotopic (exact) mass is 427 g/mol. The highest BCUT2D eigenvalue weighted by Crippen LogP contribution is 2.39. The van der Waals surface area contributed by atoms with Gasteiger partial charge in [0.25, 0.3) is 5.82 Å². The molecule has 2 heteroatoms. The van der Waals surface area contributed by atoms with Crippen molar-refractivity contribution in [3.8, 4) is 5.82 Å². The van der Waals surface area contributed by atoms with E-state index in [4.69, 9.17) is 0 Å². The Balaban J connectivity index is 2.18. The highest BCUT2D eigenvalue weighted by Gasteiger charge is 2.27. The molecule has 0 saturated carbocycles. The maximum Gasteiger partial charge on any atom is 0.286 e. The molecule has 32 heavy (non-hydrogen) atoms. The van der Waals surface area contributed by atoms with E-state index in [1.54, 1.807) is 0 Å². The number of fused-ring (bicyclic) bond motifs is 3. The van der Waals surface area contributed by atoms with Crippen LogP contribution in [0.2, 0.25) is 0 Å². The predicted molar refractivity (Wildman–Crippen MR) is 138 cm³/mol. The van der Waals surface area contributed by atoms with Gasteiger partial charge >= 0.3 is 0 Å². The van der Waals surface area contributed by atoms with Gasteiger partial charge in [-0.15, -0.1) is 0 Å². The fourth-order valence-corrected chi connectivity index (χ4v) is 5.30. The highest BCUT2D eigenvalue weighted by molar-refractivity contribution is 6.10. The Bertz CT molecular complexity index is 1300. The standard InChI is InChI=1S/C30H39N2/c1-19(2)16-22-17-25-24-12-10-11-13-26(24)32(29(25)21(5)28(22)20(3)4)27-18-23(30(6,7)8)14-15-31(27)9/h10-15,17-20H,16H2,1-9H3/q+1. The number of aryl methyl sites for hydroxylation is 2. The number of hydrogen-bond acceptors (Lipinski definition) is 0.